The molecular weight excluding hydrogens is 305 g/mol. The number of aliphatic hydroxyl groups is 1. The quantitative estimate of drug-likeness (QED) is 0.572. The smallest absolute Gasteiger partial charge is 0.191 e. The molecule has 4 nitrogen and oxygen atoms in total. The zero-order valence-corrected chi connectivity index (χ0v) is 15.0. The van der Waals surface area contributed by atoms with Gasteiger partial charge in [0.25, 0.3) is 0 Å². The lowest BCUT2D eigenvalue weighted by Crippen LogP contribution is -2.44. The summed E-state index contributed by atoms with van der Waals surface area (Å²) in [7, 11) is 1.76. The van der Waals surface area contributed by atoms with Gasteiger partial charge in [-0.15, -0.1) is 0 Å². The standard InChI is InChI=1S/C19H30FN3O/c1-13(2)15-5-7-17(8-6-15)23-19(21-3)22-11-14-4-9-18(20)16(10-14)12-24/h4,9-10,13,15,17,24H,5-8,11-12H2,1-3H3,(H2,21,22,23). The third kappa shape index (κ3) is 5.20. The van der Waals surface area contributed by atoms with Crippen LogP contribution in [0.25, 0.3) is 0 Å². The van der Waals surface area contributed by atoms with Crippen LogP contribution in [0.5, 0.6) is 0 Å². The van der Waals surface area contributed by atoms with E-state index < -0.39 is 0 Å². The van der Waals surface area contributed by atoms with E-state index in [1.807, 2.05) is 0 Å². The first-order valence-corrected chi connectivity index (χ1v) is 8.88. The highest BCUT2D eigenvalue weighted by Crippen LogP contribution is 2.29. The van der Waals surface area contributed by atoms with Gasteiger partial charge in [-0.2, -0.15) is 0 Å². The normalized spacial score (nSPS) is 21.8. The second-order valence-corrected chi connectivity index (χ2v) is 7.01. The van der Waals surface area contributed by atoms with Crippen LogP contribution in [0.3, 0.4) is 0 Å². The fourth-order valence-electron chi connectivity index (χ4n) is 3.36. The predicted molar refractivity (Wildman–Crippen MR) is 96.2 cm³/mol. The van der Waals surface area contributed by atoms with Crippen molar-refractivity contribution in [1.82, 2.24) is 10.6 Å². The van der Waals surface area contributed by atoms with Crippen molar-refractivity contribution in [3.05, 3.63) is 35.1 Å². The Morgan fingerprint density at radius 2 is 2.00 bits per heavy atom. The largest absolute Gasteiger partial charge is 0.392 e. The summed E-state index contributed by atoms with van der Waals surface area (Å²) in [5.41, 5.74) is 1.25. The summed E-state index contributed by atoms with van der Waals surface area (Å²) < 4.78 is 13.4. The minimum atomic E-state index is -0.370. The van der Waals surface area contributed by atoms with Crippen LogP contribution in [0.2, 0.25) is 0 Å². The molecule has 1 aromatic rings. The molecule has 0 saturated heterocycles. The molecule has 1 aliphatic rings. The van der Waals surface area contributed by atoms with Crippen molar-refractivity contribution >= 4 is 5.96 Å². The van der Waals surface area contributed by atoms with Gasteiger partial charge in [-0.1, -0.05) is 19.9 Å². The van der Waals surface area contributed by atoms with Gasteiger partial charge < -0.3 is 15.7 Å². The van der Waals surface area contributed by atoms with E-state index in [0.29, 0.717) is 18.2 Å². The van der Waals surface area contributed by atoms with Crippen LogP contribution in [0.4, 0.5) is 4.39 Å². The Balaban J connectivity index is 1.83. The van der Waals surface area contributed by atoms with Crippen molar-refractivity contribution in [2.24, 2.45) is 16.8 Å². The highest BCUT2D eigenvalue weighted by atomic mass is 19.1. The lowest BCUT2D eigenvalue weighted by Gasteiger charge is -2.32. The molecule has 1 aliphatic carbocycles. The average molecular weight is 335 g/mol. The molecule has 134 valence electrons. The van der Waals surface area contributed by atoms with Crippen LogP contribution in [-0.2, 0) is 13.2 Å². The summed E-state index contributed by atoms with van der Waals surface area (Å²) in [6, 6.07) is 5.27. The number of hydrogen-bond donors (Lipinski definition) is 3. The lowest BCUT2D eigenvalue weighted by atomic mass is 9.80. The van der Waals surface area contributed by atoms with E-state index in [1.165, 1.54) is 31.7 Å². The highest BCUT2D eigenvalue weighted by molar-refractivity contribution is 5.79. The van der Waals surface area contributed by atoms with Crippen molar-refractivity contribution in [2.75, 3.05) is 7.05 Å². The van der Waals surface area contributed by atoms with Gasteiger partial charge in [-0.3, -0.25) is 4.99 Å². The van der Waals surface area contributed by atoms with Gasteiger partial charge in [0.05, 0.1) is 6.61 Å². The van der Waals surface area contributed by atoms with E-state index in [1.54, 1.807) is 19.2 Å². The topological polar surface area (TPSA) is 56.7 Å². The van der Waals surface area contributed by atoms with Crippen molar-refractivity contribution < 1.29 is 9.50 Å². The summed E-state index contributed by atoms with van der Waals surface area (Å²) in [6.45, 7) is 4.88. The fraction of sp³-hybridized carbons (Fsp3) is 0.632. The molecule has 0 aliphatic heterocycles. The lowest BCUT2D eigenvalue weighted by molar-refractivity contribution is 0.250. The summed E-state index contributed by atoms with van der Waals surface area (Å²) in [6.07, 6.45) is 4.89. The molecule has 0 heterocycles. The minimum absolute atomic E-state index is 0.286. The van der Waals surface area contributed by atoms with Crippen molar-refractivity contribution in [1.29, 1.82) is 0 Å². The maximum Gasteiger partial charge on any atom is 0.191 e. The summed E-state index contributed by atoms with van der Waals surface area (Å²) >= 11 is 0. The second-order valence-electron chi connectivity index (χ2n) is 7.01. The van der Waals surface area contributed by atoms with Crippen molar-refractivity contribution in [2.45, 2.75) is 58.7 Å². The number of aliphatic hydroxyl groups excluding tert-OH is 1. The Labute approximate surface area is 144 Å². The number of nitrogens with zero attached hydrogens (tertiary/aromatic N) is 1. The molecule has 0 radical (unpaired) electrons. The van der Waals surface area contributed by atoms with Crippen LogP contribution >= 0.6 is 0 Å². The molecule has 0 bridgehead atoms. The highest BCUT2D eigenvalue weighted by Gasteiger charge is 2.23. The van der Waals surface area contributed by atoms with E-state index in [-0.39, 0.29) is 12.4 Å². The monoisotopic (exact) mass is 335 g/mol. The van der Waals surface area contributed by atoms with E-state index in [0.717, 1.165) is 23.4 Å². The van der Waals surface area contributed by atoms with Crippen LogP contribution in [-0.4, -0.2) is 24.2 Å². The zero-order valence-electron chi connectivity index (χ0n) is 15.0. The first-order valence-electron chi connectivity index (χ1n) is 8.88. The van der Waals surface area contributed by atoms with E-state index in [2.05, 4.69) is 29.5 Å². The van der Waals surface area contributed by atoms with Crippen molar-refractivity contribution in [3.8, 4) is 0 Å². The molecule has 5 heteroatoms. The Morgan fingerprint density at radius 1 is 1.29 bits per heavy atom. The van der Waals surface area contributed by atoms with Gasteiger partial charge in [0.1, 0.15) is 5.82 Å². The number of nitrogens with one attached hydrogen (secondary N) is 2. The third-order valence-corrected chi connectivity index (χ3v) is 5.02. The van der Waals surface area contributed by atoms with Crippen LogP contribution in [0, 0.1) is 17.7 Å². The number of rotatable bonds is 5. The SMILES string of the molecule is CN=C(NCc1ccc(F)c(CO)c1)NC1CCC(C(C)C)CC1. The number of hydrogen-bond acceptors (Lipinski definition) is 2. The average Bonchev–Trinajstić information content (AvgIpc) is 2.60. The second kappa shape index (κ2) is 9.02. The van der Waals surface area contributed by atoms with Crippen LogP contribution in [0.15, 0.2) is 23.2 Å². The van der Waals surface area contributed by atoms with Gasteiger partial charge in [-0.05, 0) is 55.2 Å². The number of aliphatic imine (C=N–C) groups is 1. The molecule has 1 fully saturated rings. The van der Waals surface area contributed by atoms with Gasteiger partial charge >= 0.3 is 0 Å². The fourth-order valence-corrected chi connectivity index (χ4v) is 3.36. The number of halogens is 1. The number of benzene rings is 1. The first kappa shape index (κ1) is 18.7. The summed E-state index contributed by atoms with van der Waals surface area (Å²) in [4.78, 5) is 4.28. The summed E-state index contributed by atoms with van der Waals surface area (Å²) in [5.74, 6) is 2.01. The first-order chi connectivity index (χ1) is 11.5. The predicted octanol–water partition coefficient (Wildman–Crippen LogP) is 3.20. The Hall–Kier alpha value is -1.62. The maximum absolute atomic E-state index is 13.4. The molecule has 2 rings (SSSR count). The van der Waals surface area contributed by atoms with Gasteiger partial charge in [-0.25, -0.2) is 4.39 Å². The van der Waals surface area contributed by atoms with Gasteiger partial charge in [0, 0.05) is 25.2 Å². The zero-order chi connectivity index (χ0) is 17.5. The van der Waals surface area contributed by atoms with Crippen LogP contribution in [0.1, 0.15) is 50.7 Å². The Kier molecular flexibility index (Phi) is 7.03. The third-order valence-electron chi connectivity index (χ3n) is 5.02. The molecule has 0 atom stereocenters. The minimum Gasteiger partial charge on any atom is -0.392 e. The molecule has 1 saturated carbocycles. The van der Waals surface area contributed by atoms with Gasteiger partial charge in [0.2, 0.25) is 0 Å². The molecule has 0 spiro atoms. The van der Waals surface area contributed by atoms with Crippen molar-refractivity contribution in [3.63, 3.8) is 0 Å². The molecule has 0 amide bonds. The molecule has 0 unspecified atom stereocenters. The Bertz CT molecular complexity index is 552. The maximum atomic E-state index is 13.4. The van der Waals surface area contributed by atoms with Gasteiger partial charge in [0.15, 0.2) is 5.96 Å². The summed E-state index contributed by atoms with van der Waals surface area (Å²) in [5, 5.41) is 15.9. The molecule has 24 heavy (non-hydrogen) atoms. The molecule has 0 aromatic heterocycles. The van der Waals surface area contributed by atoms with E-state index in [4.69, 9.17) is 5.11 Å². The molecular formula is C19H30FN3O. The van der Waals surface area contributed by atoms with Crippen LogP contribution < -0.4 is 10.6 Å². The molecule has 3 N–H and O–H groups in total. The van der Waals surface area contributed by atoms with E-state index >= 15 is 0 Å². The Morgan fingerprint density at radius 3 is 2.58 bits per heavy atom. The number of guanidine groups is 1. The molecule has 1 aromatic carbocycles. The van der Waals surface area contributed by atoms with E-state index in [9.17, 15) is 4.39 Å².